The highest BCUT2D eigenvalue weighted by Crippen LogP contribution is 2.15. The Bertz CT molecular complexity index is 408. The summed E-state index contributed by atoms with van der Waals surface area (Å²) in [5, 5.41) is 0. The molecule has 0 aromatic heterocycles. The van der Waals surface area contributed by atoms with Crippen molar-refractivity contribution in [3.8, 4) is 0 Å². The van der Waals surface area contributed by atoms with E-state index in [0.717, 1.165) is 32.7 Å². The maximum atomic E-state index is 5.94. The Hall–Kier alpha value is -0.940. The van der Waals surface area contributed by atoms with Crippen molar-refractivity contribution in [2.24, 2.45) is 5.84 Å². The van der Waals surface area contributed by atoms with Crippen LogP contribution < -0.4 is 11.3 Å². The highest BCUT2D eigenvalue weighted by Gasteiger charge is 2.27. The van der Waals surface area contributed by atoms with Gasteiger partial charge in [-0.2, -0.15) is 0 Å². The van der Waals surface area contributed by atoms with E-state index in [4.69, 9.17) is 10.6 Å². The highest BCUT2D eigenvalue weighted by molar-refractivity contribution is 5.26. The van der Waals surface area contributed by atoms with E-state index in [2.05, 4.69) is 48.4 Å². The summed E-state index contributed by atoms with van der Waals surface area (Å²) in [6.45, 7) is 8.31. The molecule has 1 aliphatic heterocycles. The highest BCUT2D eigenvalue weighted by atomic mass is 16.5. The molecule has 1 aliphatic rings. The molecule has 0 bridgehead atoms. The Morgan fingerprint density at radius 1 is 1.45 bits per heavy atom. The Kier molecular flexibility index (Phi) is 5.98. The fraction of sp³-hybridized carbons (Fsp3) is 0.625. The Morgan fingerprint density at radius 2 is 2.25 bits per heavy atom. The maximum Gasteiger partial charge on any atom is 0.0871 e. The first-order valence-electron chi connectivity index (χ1n) is 7.59. The zero-order chi connectivity index (χ0) is 14.4. The van der Waals surface area contributed by atoms with Gasteiger partial charge in [0.15, 0.2) is 0 Å². The summed E-state index contributed by atoms with van der Waals surface area (Å²) in [7, 11) is 0. The minimum absolute atomic E-state index is 0.163. The number of nitrogens with zero attached hydrogens (tertiary/aromatic N) is 1. The average molecular weight is 277 g/mol. The van der Waals surface area contributed by atoms with Gasteiger partial charge in [0.2, 0.25) is 0 Å². The molecule has 0 spiro atoms. The summed E-state index contributed by atoms with van der Waals surface area (Å²) in [5.74, 6) is 5.77. The molecule has 2 unspecified atom stereocenters. The van der Waals surface area contributed by atoms with Crippen molar-refractivity contribution in [2.75, 3.05) is 26.2 Å². The average Bonchev–Trinajstić information content (AvgIpc) is 2.47. The van der Waals surface area contributed by atoms with E-state index in [9.17, 15) is 0 Å². The van der Waals surface area contributed by atoms with E-state index in [0.29, 0.717) is 0 Å². The van der Waals surface area contributed by atoms with Crippen LogP contribution in [0.5, 0.6) is 0 Å². The van der Waals surface area contributed by atoms with Gasteiger partial charge in [0.25, 0.3) is 0 Å². The molecule has 2 atom stereocenters. The number of benzene rings is 1. The fourth-order valence-corrected chi connectivity index (χ4v) is 2.87. The number of rotatable bonds is 6. The summed E-state index contributed by atoms with van der Waals surface area (Å²) < 4.78 is 5.94. The molecule has 4 heteroatoms. The van der Waals surface area contributed by atoms with Crippen LogP contribution in [0.2, 0.25) is 0 Å². The lowest BCUT2D eigenvalue weighted by Gasteiger charge is -2.36. The van der Waals surface area contributed by atoms with Gasteiger partial charge in [-0.3, -0.25) is 16.2 Å². The number of hydrogen-bond acceptors (Lipinski definition) is 4. The zero-order valence-corrected chi connectivity index (χ0v) is 12.6. The van der Waals surface area contributed by atoms with E-state index in [1.807, 2.05) is 0 Å². The summed E-state index contributed by atoms with van der Waals surface area (Å²) in [6.07, 6.45) is 2.26. The van der Waals surface area contributed by atoms with E-state index >= 15 is 0 Å². The molecule has 1 aromatic carbocycles. The van der Waals surface area contributed by atoms with Crippen molar-refractivity contribution < 1.29 is 4.74 Å². The van der Waals surface area contributed by atoms with Crippen LogP contribution in [0.25, 0.3) is 0 Å². The molecule has 2 rings (SSSR count). The first-order valence-corrected chi connectivity index (χ1v) is 7.59. The second-order valence-electron chi connectivity index (χ2n) is 5.61. The molecular formula is C16H27N3O. The van der Waals surface area contributed by atoms with E-state index in [-0.39, 0.29) is 12.1 Å². The van der Waals surface area contributed by atoms with Crippen LogP contribution in [0.15, 0.2) is 24.3 Å². The topological polar surface area (TPSA) is 50.5 Å². The minimum Gasteiger partial charge on any atom is -0.374 e. The number of hydrogen-bond donors (Lipinski definition) is 2. The Balaban J connectivity index is 1.99. The van der Waals surface area contributed by atoms with Gasteiger partial charge < -0.3 is 4.74 Å². The number of nitrogens with two attached hydrogens (primary N) is 1. The molecule has 112 valence electrons. The van der Waals surface area contributed by atoms with Gasteiger partial charge in [-0.1, -0.05) is 31.2 Å². The van der Waals surface area contributed by atoms with Crippen LogP contribution >= 0.6 is 0 Å². The molecule has 0 aliphatic carbocycles. The van der Waals surface area contributed by atoms with E-state index < -0.39 is 0 Å². The number of aryl methyl sites for hydroxylation is 1. The monoisotopic (exact) mass is 277 g/mol. The number of morpholine rings is 1. The van der Waals surface area contributed by atoms with Gasteiger partial charge >= 0.3 is 0 Å². The van der Waals surface area contributed by atoms with Crippen molar-refractivity contribution in [2.45, 2.75) is 38.8 Å². The van der Waals surface area contributed by atoms with Gasteiger partial charge in [-0.25, -0.2) is 0 Å². The van der Waals surface area contributed by atoms with Gasteiger partial charge in [-0.15, -0.1) is 0 Å². The Morgan fingerprint density at radius 3 is 2.95 bits per heavy atom. The molecule has 3 N–H and O–H groups in total. The molecular weight excluding hydrogens is 250 g/mol. The van der Waals surface area contributed by atoms with Crippen LogP contribution in [0.3, 0.4) is 0 Å². The largest absolute Gasteiger partial charge is 0.374 e. The van der Waals surface area contributed by atoms with Crippen molar-refractivity contribution in [1.29, 1.82) is 0 Å². The summed E-state index contributed by atoms with van der Waals surface area (Å²) in [5.41, 5.74) is 5.61. The first-order chi connectivity index (χ1) is 9.74. The standard InChI is InChI=1S/C16H27N3O/c1-3-8-19-9-10-20-16(12-19)15(18-17)11-14-7-5-4-6-13(14)2/h4-7,15-16,18H,3,8-12,17H2,1-2H3. The molecule has 20 heavy (non-hydrogen) atoms. The number of nitrogens with one attached hydrogen (secondary N) is 1. The number of hydrazine groups is 1. The van der Waals surface area contributed by atoms with Crippen LogP contribution in [0, 0.1) is 6.92 Å². The van der Waals surface area contributed by atoms with Crippen LogP contribution in [-0.2, 0) is 11.2 Å². The maximum absolute atomic E-state index is 5.94. The first kappa shape index (κ1) is 15.4. The smallest absolute Gasteiger partial charge is 0.0871 e. The third kappa shape index (κ3) is 4.03. The van der Waals surface area contributed by atoms with Gasteiger partial charge in [-0.05, 0) is 37.4 Å². The predicted molar refractivity (Wildman–Crippen MR) is 82.5 cm³/mol. The predicted octanol–water partition coefficient (Wildman–Crippen LogP) is 1.48. The molecule has 0 amide bonds. The molecule has 1 aromatic rings. The van der Waals surface area contributed by atoms with Crippen molar-refractivity contribution in [3.63, 3.8) is 0 Å². The summed E-state index contributed by atoms with van der Waals surface area (Å²) >= 11 is 0. The number of ether oxygens (including phenoxy) is 1. The molecule has 1 saturated heterocycles. The lowest BCUT2D eigenvalue weighted by Crippen LogP contribution is -2.54. The lowest BCUT2D eigenvalue weighted by molar-refractivity contribution is -0.0462. The Labute approximate surface area is 122 Å². The quantitative estimate of drug-likeness (QED) is 0.611. The SMILES string of the molecule is CCCN1CCOC(C(Cc2ccccc2C)NN)C1. The van der Waals surface area contributed by atoms with Gasteiger partial charge in [0.1, 0.15) is 0 Å². The van der Waals surface area contributed by atoms with Crippen LogP contribution in [0.4, 0.5) is 0 Å². The molecule has 1 heterocycles. The third-order valence-electron chi connectivity index (χ3n) is 4.08. The van der Waals surface area contributed by atoms with Crippen molar-refractivity contribution in [3.05, 3.63) is 35.4 Å². The van der Waals surface area contributed by atoms with E-state index in [1.165, 1.54) is 17.5 Å². The molecule has 0 saturated carbocycles. The second-order valence-corrected chi connectivity index (χ2v) is 5.61. The molecule has 0 radical (unpaired) electrons. The van der Waals surface area contributed by atoms with Gasteiger partial charge in [0, 0.05) is 13.1 Å². The van der Waals surface area contributed by atoms with Gasteiger partial charge in [0.05, 0.1) is 18.8 Å². The van der Waals surface area contributed by atoms with Crippen molar-refractivity contribution >= 4 is 0 Å². The molecule has 1 fully saturated rings. The summed E-state index contributed by atoms with van der Waals surface area (Å²) in [6, 6.07) is 8.64. The van der Waals surface area contributed by atoms with E-state index in [1.54, 1.807) is 0 Å². The minimum atomic E-state index is 0.163. The zero-order valence-electron chi connectivity index (χ0n) is 12.6. The van der Waals surface area contributed by atoms with Crippen LogP contribution in [0.1, 0.15) is 24.5 Å². The normalized spacial score (nSPS) is 21.9. The lowest BCUT2D eigenvalue weighted by atomic mass is 9.97. The fourth-order valence-electron chi connectivity index (χ4n) is 2.87. The second kappa shape index (κ2) is 7.74. The molecule has 4 nitrogen and oxygen atoms in total. The summed E-state index contributed by atoms with van der Waals surface area (Å²) in [4.78, 5) is 2.47. The van der Waals surface area contributed by atoms with Crippen molar-refractivity contribution in [1.82, 2.24) is 10.3 Å². The third-order valence-corrected chi connectivity index (χ3v) is 4.08. The van der Waals surface area contributed by atoms with Crippen LogP contribution in [-0.4, -0.2) is 43.3 Å².